The molecule has 0 aliphatic rings. The molecule has 0 radical (unpaired) electrons. The number of halogens is 3. The van der Waals surface area contributed by atoms with Crippen LogP contribution in [0.1, 0.15) is 24.5 Å². The third-order valence-corrected chi connectivity index (χ3v) is 3.93. The van der Waals surface area contributed by atoms with Crippen molar-refractivity contribution in [2.24, 2.45) is 0 Å². The van der Waals surface area contributed by atoms with Gasteiger partial charge in [-0.05, 0) is 48.4 Å². The maximum absolute atomic E-state index is 13.7. The number of pyridine rings is 1. The first kappa shape index (κ1) is 21.9. The van der Waals surface area contributed by atoms with E-state index in [1.54, 1.807) is 25.1 Å². The molecule has 0 saturated carbocycles. The molecule has 2 rings (SSSR count). The maximum atomic E-state index is 13.7. The molecule has 7 heteroatoms. The van der Waals surface area contributed by atoms with Gasteiger partial charge in [0.2, 0.25) is 11.8 Å². The van der Waals surface area contributed by atoms with Crippen molar-refractivity contribution in [3.8, 4) is 5.88 Å². The van der Waals surface area contributed by atoms with Crippen LogP contribution in [0.3, 0.4) is 0 Å². The molecule has 0 aliphatic carbocycles. The Morgan fingerprint density at radius 1 is 1.28 bits per heavy atom. The molecule has 1 amide bonds. The van der Waals surface area contributed by atoms with Gasteiger partial charge in [-0.1, -0.05) is 12.7 Å². The molecular formula is C22H21F3N2O2. The van der Waals surface area contributed by atoms with Crippen LogP contribution in [0.2, 0.25) is 0 Å². The number of aromatic nitrogens is 1. The first-order valence-electron chi connectivity index (χ1n) is 8.84. The van der Waals surface area contributed by atoms with E-state index >= 15 is 0 Å². The molecule has 0 aliphatic heterocycles. The second kappa shape index (κ2) is 10.8. The molecule has 1 heterocycles. The Morgan fingerprint density at radius 3 is 2.76 bits per heavy atom. The Hall–Kier alpha value is -3.35. The van der Waals surface area contributed by atoms with Crippen molar-refractivity contribution in [3.05, 3.63) is 95.5 Å². The smallest absolute Gasteiger partial charge is 0.224 e. The molecule has 0 spiro atoms. The van der Waals surface area contributed by atoms with Crippen molar-refractivity contribution in [3.63, 3.8) is 0 Å². The third kappa shape index (κ3) is 7.29. The van der Waals surface area contributed by atoms with Crippen LogP contribution in [0.5, 0.6) is 5.88 Å². The van der Waals surface area contributed by atoms with E-state index in [0.717, 1.165) is 23.8 Å². The van der Waals surface area contributed by atoms with Crippen LogP contribution in [0, 0.1) is 11.6 Å². The Balaban J connectivity index is 1.90. The summed E-state index contributed by atoms with van der Waals surface area (Å²) in [6.45, 7) is 5.15. The number of carbonyl (C=O) groups is 1. The third-order valence-electron chi connectivity index (χ3n) is 3.93. The second-order valence-electron chi connectivity index (χ2n) is 6.08. The van der Waals surface area contributed by atoms with Crippen LogP contribution in [-0.2, 0) is 17.9 Å². The van der Waals surface area contributed by atoms with E-state index < -0.39 is 17.5 Å². The zero-order valence-corrected chi connectivity index (χ0v) is 15.9. The quantitative estimate of drug-likeness (QED) is 0.605. The van der Waals surface area contributed by atoms with E-state index in [4.69, 9.17) is 4.74 Å². The minimum Gasteiger partial charge on any atom is -0.473 e. The SMILES string of the molecule is C=C/C(F)=C\C(=C/C)CC(=O)NCc1ccnc(OCc2ccc(F)cc2F)c1. The monoisotopic (exact) mass is 402 g/mol. The molecule has 152 valence electrons. The molecule has 1 N–H and O–H groups in total. The molecule has 0 atom stereocenters. The summed E-state index contributed by atoms with van der Waals surface area (Å²) in [7, 11) is 0. The fourth-order valence-electron chi connectivity index (χ4n) is 2.35. The fraction of sp³-hybridized carbons (Fsp3) is 0.182. The zero-order chi connectivity index (χ0) is 21.2. The van der Waals surface area contributed by atoms with E-state index in [9.17, 15) is 18.0 Å². The largest absolute Gasteiger partial charge is 0.473 e. The lowest BCUT2D eigenvalue weighted by atomic mass is 10.1. The van der Waals surface area contributed by atoms with Crippen LogP contribution >= 0.6 is 0 Å². The number of hydrogen-bond acceptors (Lipinski definition) is 3. The summed E-state index contributed by atoms with van der Waals surface area (Å²) in [5.74, 6) is -1.91. The molecule has 4 nitrogen and oxygen atoms in total. The highest BCUT2D eigenvalue weighted by atomic mass is 19.1. The number of carbonyl (C=O) groups excluding carboxylic acids is 1. The highest BCUT2D eigenvalue weighted by molar-refractivity contribution is 5.79. The summed E-state index contributed by atoms with van der Waals surface area (Å²) in [4.78, 5) is 16.1. The van der Waals surface area contributed by atoms with Crippen molar-refractivity contribution >= 4 is 5.91 Å². The second-order valence-corrected chi connectivity index (χ2v) is 6.08. The molecule has 1 aromatic heterocycles. The van der Waals surface area contributed by atoms with Crippen molar-refractivity contribution < 1.29 is 22.7 Å². The Morgan fingerprint density at radius 2 is 2.07 bits per heavy atom. The summed E-state index contributed by atoms with van der Waals surface area (Å²) < 4.78 is 45.3. The standard InChI is InChI=1S/C22H21F3N2O2/c1-3-15(9-18(23)4-2)10-21(28)27-13-16-7-8-26-22(11-16)29-14-17-5-6-19(24)12-20(17)25/h3-9,11-12H,2,10,13-14H2,1H3,(H,27,28)/b15-3+,18-9+. The number of nitrogens with zero attached hydrogens (tertiary/aromatic N) is 1. The lowest BCUT2D eigenvalue weighted by Gasteiger charge is -2.09. The molecular weight excluding hydrogens is 381 g/mol. The number of ether oxygens (including phenoxy) is 1. The first-order chi connectivity index (χ1) is 13.9. The predicted molar refractivity (Wildman–Crippen MR) is 105 cm³/mol. The maximum Gasteiger partial charge on any atom is 0.224 e. The highest BCUT2D eigenvalue weighted by Crippen LogP contribution is 2.15. The van der Waals surface area contributed by atoms with Gasteiger partial charge in [0.25, 0.3) is 0 Å². The molecule has 0 bridgehead atoms. The van der Waals surface area contributed by atoms with Crippen LogP contribution in [0.4, 0.5) is 13.2 Å². The highest BCUT2D eigenvalue weighted by Gasteiger charge is 2.08. The van der Waals surface area contributed by atoms with Gasteiger partial charge in [-0.3, -0.25) is 4.79 Å². The Bertz CT molecular complexity index is 939. The van der Waals surface area contributed by atoms with Crippen molar-refractivity contribution in [1.29, 1.82) is 0 Å². The van der Waals surface area contributed by atoms with E-state index in [1.165, 1.54) is 18.3 Å². The summed E-state index contributed by atoms with van der Waals surface area (Å²) in [5, 5.41) is 2.73. The minimum absolute atomic E-state index is 0.0239. The average Bonchev–Trinajstić information content (AvgIpc) is 2.71. The predicted octanol–water partition coefficient (Wildman–Crippen LogP) is 4.93. The van der Waals surface area contributed by atoms with Gasteiger partial charge in [-0.25, -0.2) is 18.2 Å². The molecule has 0 unspecified atom stereocenters. The topological polar surface area (TPSA) is 51.2 Å². The van der Waals surface area contributed by atoms with Crippen LogP contribution < -0.4 is 10.1 Å². The zero-order valence-electron chi connectivity index (χ0n) is 15.9. The number of hydrogen-bond donors (Lipinski definition) is 1. The van der Waals surface area contributed by atoms with E-state index in [0.29, 0.717) is 5.57 Å². The van der Waals surface area contributed by atoms with Crippen molar-refractivity contribution in [2.75, 3.05) is 0 Å². The van der Waals surface area contributed by atoms with E-state index in [1.807, 2.05) is 0 Å². The lowest BCUT2D eigenvalue weighted by Crippen LogP contribution is -2.22. The lowest BCUT2D eigenvalue weighted by molar-refractivity contribution is -0.120. The van der Waals surface area contributed by atoms with Gasteiger partial charge >= 0.3 is 0 Å². The average molecular weight is 402 g/mol. The molecule has 2 aromatic rings. The Kier molecular flexibility index (Phi) is 8.21. The first-order valence-corrected chi connectivity index (χ1v) is 8.84. The van der Waals surface area contributed by atoms with E-state index in [-0.39, 0.29) is 36.9 Å². The van der Waals surface area contributed by atoms with Crippen molar-refractivity contribution in [2.45, 2.75) is 26.5 Å². The van der Waals surface area contributed by atoms with Gasteiger partial charge in [-0.2, -0.15) is 0 Å². The molecule has 29 heavy (non-hydrogen) atoms. The van der Waals surface area contributed by atoms with Gasteiger partial charge in [0.1, 0.15) is 24.1 Å². The number of nitrogens with one attached hydrogen (secondary N) is 1. The molecule has 1 aromatic carbocycles. The van der Waals surface area contributed by atoms with Gasteiger partial charge in [0.05, 0.1) is 6.42 Å². The van der Waals surface area contributed by atoms with Crippen LogP contribution in [-0.4, -0.2) is 10.9 Å². The molecule has 0 fully saturated rings. The minimum atomic E-state index is -0.699. The van der Waals surface area contributed by atoms with Gasteiger partial charge in [-0.15, -0.1) is 0 Å². The molecule has 0 saturated heterocycles. The summed E-state index contributed by atoms with van der Waals surface area (Å²) in [6.07, 6.45) is 5.49. The number of allylic oxidation sites excluding steroid dienone is 4. The summed E-state index contributed by atoms with van der Waals surface area (Å²) >= 11 is 0. The van der Waals surface area contributed by atoms with Gasteiger partial charge < -0.3 is 10.1 Å². The summed E-state index contributed by atoms with van der Waals surface area (Å²) in [5.41, 5.74) is 1.45. The van der Waals surface area contributed by atoms with Crippen LogP contribution in [0.15, 0.2) is 72.7 Å². The normalized spacial score (nSPS) is 11.9. The Labute approximate surface area is 167 Å². The fourth-order valence-corrected chi connectivity index (χ4v) is 2.35. The van der Waals surface area contributed by atoms with E-state index in [2.05, 4.69) is 16.9 Å². The van der Waals surface area contributed by atoms with Crippen molar-refractivity contribution in [1.82, 2.24) is 10.3 Å². The van der Waals surface area contributed by atoms with Crippen LogP contribution in [0.25, 0.3) is 0 Å². The van der Waals surface area contributed by atoms with Gasteiger partial charge in [0.15, 0.2) is 0 Å². The van der Waals surface area contributed by atoms with Gasteiger partial charge in [0, 0.05) is 30.4 Å². The number of rotatable bonds is 9. The number of amides is 1. The number of benzene rings is 1. The summed E-state index contributed by atoms with van der Waals surface area (Å²) in [6, 6.07) is 6.54.